The van der Waals surface area contributed by atoms with Crippen LogP contribution in [-0.4, -0.2) is 23.3 Å². The van der Waals surface area contributed by atoms with Crippen molar-refractivity contribution in [2.24, 2.45) is 5.73 Å². The van der Waals surface area contributed by atoms with Crippen LogP contribution < -0.4 is 5.73 Å². The smallest absolute Gasteiger partial charge is 0.320 e. The summed E-state index contributed by atoms with van der Waals surface area (Å²) in [6.45, 7) is 0. The molecule has 0 aromatic heterocycles. The maximum absolute atomic E-state index is 9.98. The van der Waals surface area contributed by atoms with Crippen LogP contribution >= 0.6 is 8.46 Å². The molecule has 0 fully saturated rings. The molecule has 0 saturated heterocycles. The van der Waals surface area contributed by atoms with Crippen molar-refractivity contribution in [3.05, 3.63) is 0 Å². The highest BCUT2D eigenvalue weighted by Crippen LogP contribution is 1.97. The van der Waals surface area contributed by atoms with Gasteiger partial charge in [0.15, 0.2) is 8.46 Å². The summed E-state index contributed by atoms with van der Waals surface area (Å²) in [5.74, 6) is -1.04. The van der Waals surface area contributed by atoms with E-state index in [1.165, 1.54) is 0 Å². The van der Waals surface area contributed by atoms with Crippen LogP contribution in [0.1, 0.15) is 6.42 Å². The zero-order valence-corrected chi connectivity index (χ0v) is 5.67. The second-order valence-electron chi connectivity index (χ2n) is 1.59. The summed E-state index contributed by atoms with van der Waals surface area (Å²) in [4.78, 5) is 9.98. The molecule has 0 amide bonds. The average molecular weight is 149 g/mol. The molecule has 0 aliphatic carbocycles. The summed E-state index contributed by atoms with van der Waals surface area (Å²) in [6.07, 6.45) is 0.577. The molecular formula is C4H8NO3P. The summed E-state index contributed by atoms with van der Waals surface area (Å²) in [7, 11) is -0.0480. The zero-order chi connectivity index (χ0) is 7.28. The van der Waals surface area contributed by atoms with E-state index in [4.69, 9.17) is 10.8 Å². The minimum Gasteiger partial charge on any atom is -0.480 e. The number of rotatable bonds is 4. The number of aliphatic carboxylic acids is 1. The highest BCUT2D eigenvalue weighted by atomic mass is 31.1. The van der Waals surface area contributed by atoms with Gasteiger partial charge in [-0.25, -0.2) is 0 Å². The van der Waals surface area contributed by atoms with Gasteiger partial charge in [-0.05, 0) is 6.42 Å². The van der Waals surface area contributed by atoms with Gasteiger partial charge in [0.25, 0.3) is 0 Å². The van der Waals surface area contributed by atoms with Gasteiger partial charge in [0.05, 0.1) is 0 Å². The average Bonchev–Trinajstić information content (AvgIpc) is 1.82. The van der Waals surface area contributed by atoms with Crippen molar-refractivity contribution < 1.29 is 14.5 Å². The summed E-state index contributed by atoms with van der Waals surface area (Å²) in [6, 6.07) is -0.869. The van der Waals surface area contributed by atoms with E-state index in [0.29, 0.717) is 6.16 Å². The molecular weight excluding hydrogens is 141 g/mol. The fourth-order valence-corrected chi connectivity index (χ4v) is 0.699. The predicted octanol–water partition coefficient (Wildman–Crippen LogP) is 0.0801. The first-order valence-electron chi connectivity index (χ1n) is 2.46. The molecule has 5 heteroatoms. The lowest BCUT2D eigenvalue weighted by Crippen LogP contribution is -2.30. The van der Waals surface area contributed by atoms with Crippen molar-refractivity contribution >= 4 is 14.4 Å². The van der Waals surface area contributed by atoms with Crippen molar-refractivity contribution in [2.45, 2.75) is 12.5 Å². The third kappa shape index (κ3) is 4.06. The molecule has 0 bridgehead atoms. The monoisotopic (exact) mass is 149 g/mol. The fourth-order valence-electron chi connectivity index (χ4n) is 0.315. The Labute approximate surface area is 54.2 Å². The number of carboxylic acids is 1. The van der Waals surface area contributed by atoms with Crippen LogP contribution in [0, 0.1) is 0 Å². The molecule has 0 aromatic rings. The molecule has 0 rings (SSSR count). The van der Waals surface area contributed by atoms with Gasteiger partial charge >= 0.3 is 5.97 Å². The van der Waals surface area contributed by atoms with Crippen LogP contribution in [0.4, 0.5) is 0 Å². The van der Waals surface area contributed by atoms with E-state index in [2.05, 4.69) is 0 Å². The van der Waals surface area contributed by atoms with Gasteiger partial charge in [-0.15, -0.1) is 0 Å². The van der Waals surface area contributed by atoms with E-state index < -0.39 is 12.0 Å². The van der Waals surface area contributed by atoms with Gasteiger partial charge in [0.1, 0.15) is 6.04 Å². The van der Waals surface area contributed by atoms with E-state index in [1.807, 2.05) is 0 Å². The molecule has 0 heterocycles. The zero-order valence-electron chi connectivity index (χ0n) is 4.78. The summed E-state index contributed by atoms with van der Waals surface area (Å²) in [5.41, 5.74) is 5.06. The van der Waals surface area contributed by atoms with Gasteiger partial charge in [-0.2, -0.15) is 0 Å². The predicted molar refractivity (Wildman–Crippen MR) is 32.7 cm³/mol. The van der Waals surface area contributed by atoms with Gasteiger partial charge in [0, 0.05) is 6.16 Å². The Balaban J connectivity index is 3.37. The van der Waals surface area contributed by atoms with E-state index in [0.717, 1.165) is 0 Å². The Morgan fingerprint density at radius 3 is 2.67 bits per heavy atom. The second-order valence-corrected chi connectivity index (χ2v) is 2.29. The number of hydrogen-bond acceptors (Lipinski definition) is 3. The lowest BCUT2D eigenvalue weighted by Gasteiger charge is -1.99. The molecule has 0 spiro atoms. The maximum Gasteiger partial charge on any atom is 0.320 e. The Hall–Kier alpha value is -0.470. The standard InChI is InChI=1S/C4H8NO3P/c5-3(4(6)7)1-2-9-8/h3H,1-2,5H2,(H,6,7)/t3-/m0/s1. The fraction of sp³-hybridized carbons (Fsp3) is 0.750. The topological polar surface area (TPSA) is 80.4 Å². The van der Waals surface area contributed by atoms with Gasteiger partial charge in [-0.1, -0.05) is 0 Å². The lowest BCUT2D eigenvalue weighted by molar-refractivity contribution is -0.138. The first kappa shape index (κ1) is 8.53. The second kappa shape index (κ2) is 4.41. The molecule has 9 heavy (non-hydrogen) atoms. The highest BCUT2D eigenvalue weighted by Gasteiger charge is 2.09. The molecule has 0 radical (unpaired) electrons. The van der Waals surface area contributed by atoms with Crippen molar-refractivity contribution in [1.82, 2.24) is 0 Å². The molecule has 0 saturated carbocycles. The summed E-state index contributed by atoms with van der Waals surface area (Å²) < 4.78 is 9.78. The molecule has 4 nitrogen and oxygen atoms in total. The van der Waals surface area contributed by atoms with Crippen LogP contribution in [0.15, 0.2) is 0 Å². The molecule has 0 aromatic carbocycles. The van der Waals surface area contributed by atoms with Gasteiger partial charge in [-0.3, -0.25) is 9.36 Å². The van der Waals surface area contributed by atoms with Crippen LogP contribution in [0.3, 0.4) is 0 Å². The van der Waals surface area contributed by atoms with E-state index >= 15 is 0 Å². The van der Waals surface area contributed by atoms with Crippen LogP contribution in [0.5, 0.6) is 0 Å². The van der Waals surface area contributed by atoms with E-state index in [-0.39, 0.29) is 14.9 Å². The lowest BCUT2D eigenvalue weighted by atomic mass is 10.2. The summed E-state index contributed by atoms with van der Waals surface area (Å²) >= 11 is 0. The Bertz CT molecular complexity index is 116. The summed E-state index contributed by atoms with van der Waals surface area (Å²) in [5, 5.41) is 8.18. The quantitative estimate of drug-likeness (QED) is 0.554. The number of carbonyl (C=O) groups is 1. The van der Waals surface area contributed by atoms with E-state index in [9.17, 15) is 9.36 Å². The molecule has 0 unspecified atom stereocenters. The highest BCUT2D eigenvalue weighted by molar-refractivity contribution is 7.23. The van der Waals surface area contributed by atoms with Crippen molar-refractivity contribution in [2.75, 3.05) is 6.16 Å². The van der Waals surface area contributed by atoms with Crippen molar-refractivity contribution in [3.63, 3.8) is 0 Å². The van der Waals surface area contributed by atoms with Crippen molar-refractivity contribution in [1.29, 1.82) is 0 Å². The molecule has 52 valence electrons. The third-order valence-corrected chi connectivity index (χ3v) is 1.29. The first-order chi connectivity index (χ1) is 4.18. The Morgan fingerprint density at radius 1 is 1.78 bits per heavy atom. The minimum atomic E-state index is -1.04. The van der Waals surface area contributed by atoms with Gasteiger partial charge in [0.2, 0.25) is 0 Å². The first-order valence-corrected chi connectivity index (χ1v) is 3.45. The maximum atomic E-state index is 9.98. The normalized spacial score (nSPS) is 13.4. The Kier molecular flexibility index (Phi) is 4.18. The number of nitrogens with two attached hydrogens (primary N) is 1. The van der Waals surface area contributed by atoms with E-state index in [1.54, 1.807) is 0 Å². The van der Waals surface area contributed by atoms with Crippen molar-refractivity contribution in [3.8, 4) is 0 Å². The largest absolute Gasteiger partial charge is 0.480 e. The van der Waals surface area contributed by atoms with Gasteiger partial charge < -0.3 is 10.8 Å². The molecule has 1 atom stereocenters. The third-order valence-electron chi connectivity index (χ3n) is 0.849. The SMILES string of the molecule is N[C@@H](CCP=O)C(=O)O. The number of hydrogen-bond donors (Lipinski definition) is 2. The van der Waals surface area contributed by atoms with Crippen LogP contribution in [0.2, 0.25) is 0 Å². The molecule has 3 N–H and O–H groups in total. The van der Waals surface area contributed by atoms with Crippen LogP contribution in [-0.2, 0) is 9.36 Å². The molecule has 0 aliphatic heterocycles. The van der Waals surface area contributed by atoms with Crippen LogP contribution in [0.25, 0.3) is 0 Å². The minimum absolute atomic E-state index is 0.0480. The molecule has 0 aliphatic rings. The Morgan fingerprint density at radius 2 is 2.33 bits per heavy atom. The number of carboxylic acid groups (broad SMARTS) is 1.